The minimum absolute atomic E-state index is 0.228. The van der Waals surface area contributed by atoms with Crippen LogP contribution in [0, 0.1) is 0 Å². The first kappa shape index (κ1) is 14.8. The Balaban J connectivity index is 1.73. The molecule has 5 heteroatoms. The second-order valence-corrected chi connectivity index (χ2v) is 4.66. The van der Waals surface area contributed by atoms with E-state index >= 15 is 0 Å². The molecule has 1 aromatic carbocycles. The van der Waals surface area contributed by atoms with Gasteiger partial charge >= 0.3 is 5.97 Å². The smallest absolute Gasteiger partial charge is 0.325 e. The zero-order valence-corrected chi connectivity index (χ0v) is 11.8. The van der Waals surface area contributed by atoms with Crippen LogP contribution < -0.4 is 4.74 Å². The largest absolute Gasteiger partial charge is 0.494 e. The van der Waals surface area contributed by atoms with Crippen molar-refractivity contribution in [3.8, 4) is 5.75 Å². The molecule has 0 spiro atoms. The van der Waals surface area contributed by atoms with Crippen LogP contribution in [0.2, 0.25) is 0 Å². The summed E-state index contributed by atoms with van der Waals surface area (Å²) in [6.45, 7) is 3.26. The van der Waals surface area contributed by atoms with Crippen LogP contribution >= 0.6 is 0 Å². The van der Waals surface area contributed by atoms with Crippen molar-refractivity contribution < 1.29 is 19.0 Å². The Kier molecular flexibility index (Phi) is 5.83. The number of hydrogen-bond acceptors (Lipinski definition) is 5. The predicted molar refractivity (Wildman–Crippen MR) is 74.8 cm³/mol. The van der Waals surface area contributed by atoms with E-state index in [1.54, 1.807) is 0 Å². The van der Waals surface area contributed by atoms with Gasteiger partial charge in [-0.25, -0.2) is 0 Å². The third kappa shape index (κ3) is 4.21. The lowest BCUT2D eigenvalue weighted by Crippen LogP contribution is -2.50. The monoisotopic (exact) mass is 279 g/mol. The molecule has 0 radical (unpaired) electrons. The van der Waals surface area contributed by atoms with Crippen molar-refractivity contribution in [3.63, 3.8) is 0 Å². The molecule has 1 atom stereocenters. The van der Waals surface area contributed by atoms with Crippen LogP contribution in [0.15, 0.2) is 30.3 Å². The normalized spacial score (nSPS) is 19.6. The van der Waals surface area contributed by atoms with Gasteiger partial charge in [0.1, 0.15) is 11.8 Å². The molecule has 1 aliphatic rings. The van der Waals surface area contributed by atoms with Gasteiger partial charge in [0, 0.05) is 13.1 Å². The van der Waals surface area contributed by atoms with Gasteiger partial charge in [0.25, 0.3) is 0 Å². The molecule has 5 nitrogen and oxygen atoms in total. The zero-order chi connectivity index (χ0) is 14.2. The van der Waals surface area contributed by atoms with Crippen LogP contribution in [-0.2, 0) is 14.3 Å². The van der Waals surface area contributed by atoms with Gasteiger partial charge in [0.2, 0.25) is 0 Å². The molecule has 0 saturated carbocycles. The van der Waals surface area contributed by atoms with E-state index in [0.29, 0.717) is 19.8 Å². The van der Waals surface area contributed by atoms with Gasteiger partial charge < -0.3 is 14.2 Å². The highest BCUT2D eigenvalue weighted by molar-refractivity contribution is 5.75. The summed E-state index contributed by atoms with van der Waals surface area (Å²) in [5.74, 6) is 0.646. The van der Waals surface area contributed by atoms with E-state index in [9.17, 15) is 4.79 Å². The number of nitrogens with zero attached hydrogens (tertiary/aromatic N) is 1. The maximum Gasteiger partial charge on any atom is 0.325 e. The average Bonchev–Trinajstić information content (AvgIpc) is 2.52. The summed E-state index contributed by atoms with van der Waals surface area (Å²) in [6, 6.07) is 9.44. The summed E-state index contributed by atoms with van der Waals surface area (Å²) in [6.07, 6.45) is 0.863. The summed E-state index contributed by atoms with van der Waals surface area (Å²) in [4.78, 5) is 13.8. The van der Waals surface area contributed by atoms with E-state index in [0.717, 1.165) is 25.3 Å². The van der Waals surface area contributed by atoms with Crippen LogP contribution in [0.1, 0.15) is 6.42 Å². The number of rotatable bonds is 6. The Morgan fingerprint density at radius 1 is 1.40 bits per heavy atom. The number of carbonyl (C=O) groups is 1. The molecule has 0 bridgehead atoms. The number of ether oxygens (including phenoxy) is 3. The molecule has 1 fully saturated rings. The molecule has 0 N–H and O–H groups in total. The number of para-hydroxylation sites is 1. The van der Waals surface area contributed by atoms with E-state index in [1.807, 2.05) is 30.3 Å². The summed E-state index contributed by atoms with van der Waals surface area (Å²) in [5, 5.41) is 0. The van der Waals surface area contributed by atoms with Gasteiger partial charge in [0.15, 0.2) is 0 Å². The van der Waals surface area contributed by atoms with Gasteiger partial charge in [-0.05, 0) is 18.6 Å². The van der Waals surface area contributed by atoms with Crippen molar-refractivity contribution in [2.75, 3.05) is 40.0 Å². The highest BCUT2D eigenvalue weighted by atomic mass is 16.5. The number of methoxy groups -OCH3 is 1. The molecule has 20 heavy (non-hydrogen) atoms. The van der Waals surface area contributed by atoms with Crippen molar-refractivity contribution in [1.29, 1.82) is 0 Å². The third-order valence-electron chi connectivity index (χ3n) is 3.31. The third-order valence-corrected chi connectivity index (χ3v) is 3.31. The van der Waals surface area contributed by atoms with Crippen molar-refractivity contribution >= 4 is 5.97 Å². The predicted octanol–water partition coefficient (Wildman–Crippen LogP) is 1.33. The lowest BCUT2D eigenvalue weighted by atomic mass is 10.2. The van der Waals surface area contributed by atoms with E-state index in [4.69, 9.17) is 14.2 Å². The Bertz CT molecular complexity index is 410. The average molecular weight is 279 g/mol. The van der Waals surface area contributed by atoms with E-state index in [1.165, 1.54) is 7.11 Å². The van der Waals surface area contributed by atoms with Gasteiger partial charge in [-0.15, -0.1) is 0 Å². The molecule has 1 aromatic rings. The molecule has 0 aromatic heterocycles. The van der Waals surface area contributed by atoms with Crippen LogP contribution in [0.25, 0.3) is 0 Å². The fraction of sp³-hybridized carbons (Fsp3) is 0.533. The van der Waals surface area contributed by atoms with E-state index in [2.05, 4.69) is 4.90 Å². The van der Waals surface area contributed by atoms with Gasteiger partial charge in [-0.3, -0.25) is 9.69 Å². The first-order chi connectivity index (χ1) is 9.81. The summed E-state index contributed by atoms with van der Waals surface area (Å²) < 4.78 is 15.8. The van der Waals surface area contributed by atoms with E-state index < -0.39 is 0 Å². The van der Waals surface area contributed by atoms with Gasteiger partial charge in [0.05, 0.1) is 26.9 Å². The highest BCUT2D eigenvalue weighted by Gasteiger charge is 2.29. The first-order valence-electron chi connectivity index (χ1n) is 6.88. The summed E-state index contributed by atoms with van der Waals surface area (Å²) >= 11 is 0. The second kappa shape index (κ2) is 7.87. The second-order valence-electron chi connectivity index (χ2n) is 4.66. The maximum absolute atomic E-state index is 11.7. The molecule has 110 valence electrons. The highest BCUT2D eigenvalue weighted by Crippen LogP contribution is 2.11. The Labute approximate surface area is 119 Å². The fourth-order valence-corrected chi connectivity index (χ4v) is 2.23. The minimum Gasteiger partial charge on any atom is -0.494 e. The number of hydrogen-bond donors (Lipinski definition) is 0. The minimum atomic E-state index is -0.287. The Morgan fingerprint density at radius 3 is 2.95 bits per heavy atom. The van der Waals surface area contributed by atoms with Crippen LogP contribution in [0.4, 0.5) is 0 Å². The number of carbonyl (C=O) groups excluding carboxylic acids is 1. The van der Waals surface area contributed by atoms with Crippen LogP contribution in [0.5, 0.6) is 5.75 Å². The quantitative estimate of drug-likeness (QED) is 0.581. The summed E-state index contributed by atoms with van der Waals surface area (Å²) in [7, 11) is 1.41. The number of benzene rings is 1. The van der Waals surface area contributed by atoms with Crippen molar-refractivity contribution in [3.05, 3.63) is 30.3 Å². The lowest BCUT2D eigenvalue weighted by Gasteiger charge is -2.33. The Hall–Kier alpha value is -1.59. The fourth-order valence-electron chi connectivity index (χ4n) is 2.23. The molecule has 0 aliphatic carbocycles. The van der Waals surface area contributed by atoms with Crippen LogP contribution in [-0.4, -0.2) is 56.9 Å². The molecule has 2 rings (SSSR count). The molecule has 0 amide bonds. The van der Waals surface area contributed by atoms with Gasteiger partial charge in [-0.1, -0.05) is 18.2 Å². The standard InChI is InChI=1S/C15H21NO4/c1-18-15(17)14-12-19-11-9-16(14)8-5-10-20-13-6-3-2-4-7-13/h2-4,6-7,14H,5,8-12H2,1H3. The zero-order valence-electron chi connectivity index (χ0n) is 11.8. The first-order valence-corrected chi connectivity index (χ1v) is 6.88. The molecule has 1 heterocycles. The summed E-state index contributed by atoms with van der Waals surface area (Å²) in [5.41, 5.74) is 0. The Morgan fingerprint density at radius 2 is 2.20 bits per heavy atom. The molecule has 1 saturated heterocycles. The lowest BCUT2D eigenvalue weighted by molar-refractivity contribution is -0.153. The van der Waals surface area contributed by atoms with Crippen molar-refractivity contribution in [1.82, 2.24) is 4.90 Å². The molecular formula is C15H21NO4. The molecule has 1 aliphatic heterocycles. The van der Waals surface area contributed by atoms with Crippen molar-refractivity contribution in [2.45, 2.75) is 12.5 Å². The topological polar surface area (TPSA) is 48.0 Å². The number of morpholine rings is 1. The van der Waals surface area contributed by atoms with E-state index in [-0.39, 0.29) is 12.0 Å². The SMILES string of the molecule is COC(=O)C1COCCN1CCCOc1ccccc1. The van der Waals surface area contributed by atoms with Crippen molar-refractivity contribution in [2.24, 2.45) is 0 Å². The number of esters is 1. The molecule has 1 unspecified atom stereocenters. The van der Waals surface area contributed by atoms with Crippen LogP contribution in [0.3, 0.4) is 0 Å². The maximum atomic E-state index is 11.7. The molecular weight excluding hydrogens is 258 g/mol. The van der Waals surface area contributed by atoms with Gasteiger partial charge in [-0.2, -0.15) is 0 Å².